The largest absolute Gasteiger partial charge is 0.496 e. The van der Waals surface area contributed by atoms with E-state index >= 15 is 0 Å². The van der Waals surface area contributed by atoms with Gasteiger partial charge < -0.3 is 29.2 Å². The number of anilines is 1. The molecule has 1 fully saturated rings. The van der Waals surface area contributed by atoms with Crippen LogP contribution in [0.15, 0.2) is 72.9 Å². The number of benzene rings is 2. The first-order valence-electron chi connectivity index (χ1n) is 12.2. The summed E-state index contributed by atoms with van der Waals surface area (Å²) in [7, 11) is 1.66. The Kier molecular flexibility index (Phi) is 9.67. The first kappa shape index (κ1) is 25.6. The highest BCUT2D eigenvalue weighted by Crippen LogP contribution is 2.23. The van der Waals surface area contributed by atoms with E-state index in [-0.39, 0.29) is 11.9 Å². The van der Waals surface area contributed by atoms with Gasteiger partial charge in [-0.05, 0) is 42.5 Å². The molecule has 1 aliphatic rings. The van der Waals surface area contributed by atoms with Gasteiger partial charge in [0.1, 0.15) is 11.5 Å². The number of carbonyl (C=O) groups is 1. The molecule has 1 saturated heterocycles. The summed E-state index contributed by atoms with van der Waals surface area (Å²) in [5, 5.41) is 3.18. The van der Waals surface area contributed by atoms with Gasteiger partial charge in [-0.25, -0.2) is 0 Å². The molecule has 8 heteroatoms. The zero-order valence-electron chi connectivity index (χ0n) is 20.6. The molecule has 1 N–H and O–H groups in total. The molecule has 1 atom stereocenters. The predicted molar refractivity (Wildman–Crippen MR) is 137 cm³/mol. The predicted octanol–water partition coefficient (Wildman–Crippen LogP) is 3.60. The van der Waals surface area contributed by atoms with Crippen LogP contribution in [0.2, 0.25) is 0 Å². The Bertz CT molecular complexity index is 1080. The van der Waals surface area contributed by atoms with Crippen LogP contribution in [0.5, 0.6) is 11.5 Å². The zero-order valence-corrected chi connectivity index (χ0v) is 20.6. The van der Waals surface area contributed by atoms with Crippen LogP contribution >= 0.6 is 0 Å². The van der Waals surface area contributed by atoms with E-state index in [0.717, 1.165) is 34.9 Å². The Hall–Kier alpha value is -3.46. The number of aromatic nitrogens is 1. The molecule has 0 radical (unpaired) electrons. The minimum Gasteiger partial charge on any atom is -0.496 e. The SMILES string of the molecule is COc1ccccc1COCCCOc1ccc(N2C(=O)CNCC2COCc2ccccn2)cc1. The van der Waals surface area contributed by atoms with E-state index < -0.39 is 0 Å². The Morgan fingerprint density at radius 3 is 2.61 bits per heavy atom. The summed E-state index contributed by atoms with van der Waals surface area (Å²) < 4.78 is 22.8. The Morgan fingerprint density at radius 1 is 0.972 bits per heavy atom. The van der Waals surface area contributed by atoms with Crippen molar-refractivity contribution in [2.45, 2.75) is 25.7 Å². The van der Waals surface area contributed by atoms with Crippen LogP contribution in [0.4, 0.5) is 5.69 Å². The Labute approximate surface area is 212 Å². The fraction of sp³-hybridized carbons (Fsp3) is 0.357. The molecule has 1 unspecified atom stereocenters. The molecule has 0 aliphatic carbocycles. The fourth-order valence-electron chi connectivity index (χ4n) is 4.06. The molecule has 3 aromatic rings. The first-order chi connectivity index (χ1) is 17.7. The van der Waals surface area contributed by atoms with Crippen LogP contribution in [0, 0.1) is 0 Å². The van der Waals surface area contributed by atoms with Gasteiger partial charge in [0.15, 0.2) is 0 Å². The van der Waals surface area contributed by atoms with Crippen molar-refractivity contribution in [3.05, 3.63) is 84.2 Å². The molecule has 0 spiro atoms. The molecule has 8 nitrogen and oxygen atoms in total. The summed E-state index contributed by atoms with van der Waals surface area (Å²) in [6, 6.07) is 21.1. The van der Waals surface area contributed by atoms with Crippen molar-refractivity contribution in [3.63, 3.8) is 0 Å². The number of hydrogen-bond donors (Lipinski definition) is 1. The number of nitrogens with zero attached hydrogens (tertiary/aromatic N) is 2. The maximum absolute atomic E-state index is 12.7. The highest BCUT2D eigenvalue weighted by atomic mass is 16.5. The smallest absolute Gasteiger partial charge is 0.241 e. The van der Waals surface area contributed by atoms with Crippen molar-refractivity contribution in [2.24, 2.45) is 0 Å². The summed E-state index contributed by atoms with van der Waals surface area (Å²) in [6.07, 6.45) is 2.51. The zero-order chi connectivity index (χ0) is 25.0. The Balaban J connectivity index is 1.21. The highest BCUT2D eigenvalue weighted by Gasteiger charge is 2.29. The van der Waals surface area contributed by atoms with Gasteiger partial charge in [-0.15, -0.1) is 0 Å². The van der Waals surface area contributed by atoms with E-state index in [4.69, 9.17) is 18.9 Å². The van der Waals surface area contributed by atoms with Gasteiger partial charge in [0.25, 0.3) is 0 Å². The van der Waals surface area contributed by atoms with E-state index in [2.05, 4.69) is 10.3 Å². The van der Waals surface area contributed by atoms with Gasteiger partial charge in [-0.3, -0.25) is 9.78 Å². The minimum atomic E-state index is -0.0953. The summed E-state index contributed by atoms with van der Waals surface area (Å²) in [6.45, 7) is 3.44. The van der Waals surface area contributed by atoms with E-state index in [1.165, 1.54) is 0 Å². The monoisotopic (exact) mass is 491 g/mol. The van der Waals surface area contributed by atoms with Crippen LogP contribution in [-0.2, 0) is 27.5 Å². The number of para-hydroxylation sites is 1. The second-order valence-electron chi connectivity index (χ2n) is 8.45. The molecule has 190 valence electrons. The van der Waals surface area contributed by atoms with Gasteiger partial charge in [0, 0.05) is 30.4 Å². The normalized spacial score (nSPS) is 15.6. The molecule has 1 amide bonds. The second kappa shape index (κ2) is 13.6. The number of methoxy groups -OCH3 is 1. The van der Waals surface area contributed by atoms with Crippen molar-refractivity contribution < 1.29 is 23.7 Å². The van der Waals surface area contributed by atoms with Crippen molar-refractivity contribution in [2.75, 3.05) is 44.9 Å². The number of nitrogens with one attached hydrogen (secondary N) is 1. The van der Waals surface area contributed by atoms with E-state index in [1.807, 2.05) is 71.6 Å². The van der Waals surface area contributed by atoms with Crippen molar-refractivity contribution >= 4 is 11.6 Å². The lowest BCUT2D eigenvalue weighted by Crippen LogP contribution is -2.57. The highest BCUT2D eigenvalue weighted by molar-refractivity contribution is 5.96. The van der Waals surface area contributed by atoms with Gasteiger partial charge in [0.2, 0.25) is 5.91 Å². The summed E-state index contributed by atoms with van der Waals surface area (Å²) in [5.41, 5.74) is 2.73. The molecule has 2 heterocycles. The number of ether oxygens (including phenoxy) is 4. The minimum absolute atomic E-state index is 0.0218. The number of piperazine rings is 1. The molecule has 1 aromatic heterocycles. The summed E-state index contributed by atoms with van der Waals surface area (Å²) in [4.78, 5) is 18.8. The maximum Gasteiger partial charge on any atom is 0.241 e. The summed E-state index contributed by atoms with van der Waals surface area (Å²) in [5.74, 6) is 1.61. The lowest BCUT2D eigenvalue weighted by Gasteiger charge is -2.36. The molecule has 0 bridgehead atoms. The molecular weight excluding hydrogens is 458 g/mol. The van der Waals surface area contributed by atoms with Crippen molar-refractivity contribution in [1.82, 2.24) is 10.3 Å². The molecule has 1 aliphatic heterocycles. The average molecular weight is 492 g/mol. The van der Waals surface area contributed by atoms with Gasteiger partial charge in [-0.1, -0.05) is 24.3 Å². The number of pyridine rings is 1. The van der Waals surface area contributed by atoms with Gasteiger partial charge in [-0.2, -0.15) is 0 Å². The topological polar surface area (TPSA) is 82.2 Å². The molecular formula is C28H33N3O5. The van der Waals surface area contributed by atoms with Crippen LogP contribution in [0.1, 0.15) is 17.7 Å². The number of hydrogen-bond acceptors (Lipinski definition) is 7. The molecule has 4 rings (SSSR count). The Morgan fingerprint density at radius 2 is 1.81 bits per heavy atom. The summed E-state index contributed by atoms with van der Waals surface area (Å²) >= 11 is 0. The first-order valence-corrected chi connectivity index (χ1v) is 12.2. The average Bonchev–Trinajstić information content (AvgIpc) is 2.92. The molecule has 0 saturated carbocycles. The third-order valence-corrected chi connectivity index (χ3v) is 5.84. The fourth-order valence-corrected chi connectivity index (χ4v) is 4.06. The van der Waals surface area contributed by atoms with Crippen LogP contribution in [-0.4, -0.2) is 57.0 Å². The van der Waals surface area contributed by atoms with Crippen molar-refractivity contribution in [3.8, 4) is 11.5 Å². The second-order valence-corrected chi connectivity index (χ2v) is 8.45. The number of carbonyl (C=O) groups excluding carboxylic acids is 1. The van der Waals surface area contributed by atoms with Gasteiger partial charge >= 0.3 is 0 Å². The van der Waals surface area contributed by atoms with Crippen LogP contribution in [0.3, 0.4) is 0 Å². The lowest BCUT2D eigenvalue weighted by molar-refractivity contribution is -0.119. The standard InChI is InChI=1S/C28H33N3O5/c1-33-27-9-3-2-7-22(27)19-34-15-6-16-36-26-12-10-24(11-13-26)31-25(17-29-18-28(31)32)21-35-20-23-8-4-5-14-30-23/h2-5,7-14,25,29H,6,15-21H2,1H3. The van der Waals surface area contributed by atoms with Crippen molar-refractivity contribution in [1.29, 1.82) is 0 Å². The quantitative estimate of drug-likeness (QED) is 0.366. The van der Waals surface area contributed by atoms with E-state index in [1.54, 1.807) is 13.3 Å². The van der Waals surface area contributed by atoms with Gasteiger partial charge in [0.05, 0.1) is 58.4 Å². The molecule has 2 aromatic carbocycles. The lowest BCUT2D eigenvalue weighted by atomic mass is 10.1. The number of amides is 1. The van der Waals surface area contributed by atoms with E-state index in [9.17, 15) is 4.79 Å². The molecule has 36 heavy (non-hydrogen) atoms. The third-order valence-electron chi connectivity index (χ3n) is 5.84. The maximum atomic E-state index is 12.7. The van der Waals surface area contributed by atoms with E-state index in [0.29, 0.717) is 46.1 Å². The number of rotatable bonds is 13. The van der Waals surface area contributed by atoms with Crippen LogP contribution < -0.4 is 19.7 Å². The van der Waals surface area contributed by atoms with Crippen LogP contribution in [0.25, 0.3) is 0 Å². The third kappa shape index (κ3) is 7.27.